The van der Waals surface area contributed by atoms with E-state index in [1.54, 1.807) is 45.6 Å². The number of methoxy groups -OCH3 is 1. The molecule has 0 fully saturated rings. The van der Waals surface area contributed by atoms with Crippen LogP contribution in [0.1, 0.15) is 5.69 Å². The Morgan fingerprint density at radius 3 is 2.32 bits per heavy atom. The zero-order chi connectivity index (χ0) is 21.5. The van der Waals surface area contributed by atoms with Crippen molar-refractivity contribution in [3.05, 3.63) is 64.3 Å². The molecule has 2 aromatic carbocycles. The van der Waals surface area contributed by atoms with Gasteiger partial charge >= 0.3 is 5.97 Å². The summed E-state index contributed by atoms with van der Waals surface area (Å²) in [5, 5.41) is 18.8. The minimum Gasteiger partial charge on any atom is -0.469 e. The summed E-state index contributed by atoms with van der Waals surface area (Å²) in [6, 6.07) is 14.3. The number of rotatable bonds is 4. The normalized spacial score (nSPS) is 11.3. The molecular weight excluding hydrogens is 441 g/mol. The van der Waals surface area contributed by atoms with Gasteiger partial charge in [0.2, 0.25) is 0 Å². The molecule has 0 amide bonds. The number of hydrogen-bond acceptors (Lipinski definition) is 7. The Kier molecular flexibility index (Phi) is 4.76. The van der Waals surface area contributed by atoms with Crippen LogP contribution in [0.25, 0.3) is 34.0 Å². The number of fused-ring (bicyclic) bond motifs is 3. The highest BCUT2D eigenvalue weighted by molar-refractivity contribution is 6.30. The first-order valence-electron chi connectivity index (χ1n) is 9.13. The van der Waals surface area contributed by atoms with Gasteiger partial charge in [0, 0.05) is 15.6 Å². The van der Waals surface area contributed by atoms with Crippen LogP contribution in [-0.4, -0.2) is 47.7 Å². The molecule has 0 radical (unpaired) electrons. The van der Waals surface area contributed by atoms with Crippen LogP contribution in [0.15, 0.2) is 48.5 Å². The first-order chi connectivity index (χ1) is 15.0. The largest absolute Gasteiger partial charge is 0.469 e. The van der Waals surface area contributed by atoms with E-state index in [2.05, 4.69) is 25.4 Å². The molecule has 31 heavy (non-hydrogen) atoms. The van der Waals surface area contributed by atoms with E-state index in [1.165, 1.54) is 7.11 Å². The van der Waals surface area contributed by atoms with E-state index in [0.29, 0.717) is 38.4 Å². The smallest absolute Gasteiger partial charge is 0.311 e. The lowest BCUT2D eigenvalue weighted by molar-refractivity contribution is -0.139. The monoisotopic (exact) mass is 453 g/mol. The van der Waals surface area contributed by atoms with Crippen LogP contribution in [0.5, 0.6) is 0 Å². The van der Waals surface area contributed by atoms with Crippen molar-refractivity contribution in [1.82, 2.24) is 34.6 Å². The van der Waals surface area contributed by atoms with E-state index in [0.717, 1.165) is 5.56 Å². The highest BCUT2D eigenvalue weighted by atomic mass is 35.5. The van der Waals surface area contributed by atoms with E-state index in [1.807, 2.05) is 12.1 Å². The molecule has 0 aliphatic heterocycles. The molecule has 5 rings (SSSR count). The topological polar surface area (TPSA) is 100 Å². The van der Waals surface area contributed by atoms with Crippen molar-refractivity contribution in [2.24, 2.45) is 0 Å². The van der Waals surface area contributed by atoms with Gasteiger partial charge in [-0.1, -0.05) is 23.2 Å². The summed E-state index contributed by atoms with van der Waals surface area (Å²) in [6.45, 7) is 0. The summed E-state index contributed by atoms with van der Waals surface area (Å²) in [5.74, 6) is 0.305. The average Bonchev–Trinajstić information content (AvgIpc) is 3.36. The fourth-order valence-electron chi connectivity index (χ4n) is 3.15. The fourth-order valence-corrected chi connectivity index (χ4v) is 3.41. The molecule has 0 saturated heterocycles. The van der Waals surface area contributed by atoms with Gasteiger partial charge in [-0.25, -0.2) is 4.68 Å². The van der Waals surface area contributed by atoms with Gasteiger partial charge in [-0.15, -0.1) is 15.3 Å². The number of nitrogens with zero attached hydrogens (tertiary/aromatic N) is 7. The molecule has 0 aliphatic carbocycles. The van der Waals surface area contributed by atoms with Crippen LogP contribution >= 0.6 is 23.2 Å². The standard InChI is InChI=1S/C20H13Cl2N7O2/c1-31-16(30)10-15-17-19(28(26-15)14-8-6-13(22)7-9-14)29-20(25-24-17)23-18(27-29)11-2-4-12(21)5-3-11/h2-9H,10H2,1H3. The maximum Gasteiger partial charge on any atom is 0.311 e. The van der Waals surface area contributed by atoms with Gasteiger partial charge in [0.1, 0.15) is 5.69 Å². The van der Waals surface area contributed by atoms with Crippen molar-refractivity contribution in [3.8, 4) is 17.1 Å². The van der Waals surface area contributed by atoms with E-state index in [-0.39, 0.29) is 12.2 Å². The molecular formula is C20H13Cl2N7O2. The summed E-state index contributed by atoms with van der Waals surface area (Å²) in [7, 11) is 1.32. The Morgan fingerprint density at radius 2 is 1.65 bits per heavy atom. The van der Waals surface area contributed by atoms with Crippen LogP contribution in [0.4, 0.5) is 0 Å². The Bertz CT molecular complexity index is 1430. The number of halogens is 2. The van der Waals surface area contributed by atoms with Crippen LogP contribution in [0.3, 0.4) is 0 Å². The van der Waals surface area contributed by atoms with Crippen LogP contribution in [0.2, 0.25) is 10.0 Å². The molecule has 0 saturated carbocycles. The Labute approximate surface area is 185 Å². The first kappa shape index (κ1) is 19.4. The van der Waals surface area contributed by atoms with Gasteiger partial charge in [0.15, 0.2) is 17.0 Å². The number of hydrogen-bond donors (Lipinski definition) is 0. The Balaban J connectivity index is 1.76. The van der Waals surface area contributed by atoms with Gasteiger partial charge < -0.3 is 4.74 Å². The van der Waals surface area contributed by atoms with Gasteiger partial charge in [-0.3, -0.25) is 4.79 Å². The third-order valence-electron chi connectivity index (χ3n) is 4.65. The van der Waals surface area contributed by atoms with Crippen molar-refractivity contribution >= 4 is 46.1 Å². The molecule has 0 atom stereocenters. The number of aromatic nitrogens is 7. The molecule has 0 aliphatic rings. The van der Waals surface area contributed by atoms with Gasteiger partial charge in [-0.05, 0) is 48.5 Å². The minimum absolute atomic E-state index is 0.0630. The molecule has 0 bridgehead atoms. The molecule has 9 nitrogen and oxygen atoms in total. The third-order valence-corrected chi connectivity index (χ3v) is 5.15. The molecule has 154 valence electrons. The second-order valence-electron chi connectivity index (χ2n) is 6.61. The van der Waals surface area contributed by atoms with Crippen LogP contribution in [-0.2, 0) is 16.0 Å². The Morgan fingerprint density at radius 1 is 0.968 bits per heavy atom. The van der Waals surface area contributed by atoms with E-state index >= 15 is 0 Å². The van der Waals surface area contributed by atoms with Gasteiger partial charge in [0.05, 0.1) is 19.2 Å². The zero-order valence-corrected chi connectivity index (χ0v) is 17.5. The van der Waals surface area contributed by atoms with Crippen molar-refractivity contribution in [2.45, 2.75) is 6.42 Å². The molecule has 0 spiro atoms. The number of carbonyl (C=O) groups excluding carboxylic acids is 1. The zero-order valence-electron chi connectivity index (χ0n) is 16.0. The quantitative estimate of drug-likeness (QED) is 0.383. The lowest BCUT2D eigenvalue weighted by Crippen LogP contribution is -2.06. The van der Waals surface area contributed by atoms with E-state index in [9.17, 15) is 4.79 Å². The summed E-state index contributed by atoms with van der Waals surface area (Å²) in [5.41, 5.74) is 2.83. The highest BCUT2D eigenvalue weighted by Crippen LogP contribution is 2.24. The Hall–Kier alpha value is -3.56. The van der Waals surface area contributed by atoms with Crippen molar-refractivity contribution in [2.75, 3.05) is 7.11 Å². The molecule has 5 aromatic rings. The molecule has 11 heteroatoms. The maximum atomic E-state index is 11.9. The third kappa shape index (κ3) is 3.47. The first-order valence-corrected chi connectivity index (χ1v) is 9.89. The predicted octanol–water partition coefficient (Wildman–Crippen LogP) is 3.55. The summed E-state index contributed by atoms with van der Waals surface area (Å²) < 4.78 is 7.97. The minimum atomic E-state index is -0.440. The van der Waals surface area contributed by atoms with Crippen LogP contribution in [0, 0.1) is 0 Å². The van der Waals surface area contributed by atoms with Crippen molar-refractivity contribution in [1.29, 1.82) is 0 Å². The van der Waals surface area contributed by atoms with E-state index in [4.69, 9.17) is 27.9 Å². The average molecular weight is 454 g/mol. The number of benzene rings is 2. The molecule has 3 heterocycles. The number of ether oxygens (including phenoxy) is 1. The van der Waals surface area contributed by atoms with E-state index < -0.39 is 5.97 Å². The van der Waals surface area contributed by atoms with Crippen molar-refractivity contribution < 1.29 is 9.53 Å². The second kappa shape index (κ2) is 7.60. The molecule has 0 N–H and O–H groups in total. The number of esters is 1. The van der Waals surface area contributed by atoms with Gasteiger partial charge in [-0.2, -0.15) is 14.6 Å². The number of carbonyl (C=O) groups is 1. The summed E-state index contributed by atoms with van der Waals surface area (Å²) >= 11 is 12.0. The molecule has 3 aromatic heterocycles. The lowest BCUT2D eigenvalue weighted by atomic mass is 10.2. The maximum absolute atomic E-state index is 11.9. The second-order valence-corrected chi connectivity index (χ2v) is 7.49. The SMILES string of the molecule is COC(=O)Cc1nn(-c2ccc(Cl)cc2)c2c1nnc1nc(-c3ccc(Cl)cc3)nn12. The van der Waals surface area contributed by atoms with Crippen molar-refractivity contribution in [3.63, 3.8) is 0 Å². The molecule has 0 unspecified atom stereocenters. The summed E-state index contributed by atoms with van der Waals surface area (Å²) in [4.78, 5) is 16.4. The highest BCUT2D eigenvalue weighted by Gasteiger charge is 2.22. The predicted molar refractivity (Wildman–Crippen MR) is 114 cm³/mol. The fraction of sp³-hybridized carbons (Fsp3) is 0.100. The lowest BCUT2D eigenvalue weighted by Gasteiger charge is -2.03. The van der Waals surface area contributed by atoms with Gasteiger partial charge in [0.25, 0.3) is 5.78 Å². The van der Waals surface area contributed by atoms with Crippen LogP contribution < -0.4 is 0 Å². The summed E-state index contributed by atoms with van der Waals surface area (Å²) in [6.07, 6.45) is -0.0630.